The Morgan fingerprint density at radius 2 is 1.94 bits per heavy atom. The number of nitrogens with zero attached hydrogens (tertiary/aromatic N) is 3. The number of halogens is 3. The zero-order valence-corrected chi connectivity index (χ0v) is 19.3. The van der Waals surface area contributed by atoms with Crippen LogP contribution in [0.15, 0.2) is 47.6 Å². The van der Waals surface area contributed by atoms with E-state index in [1.165, 1.54) is 22.9 Å². The number of amides is 1. The number of carbonyl (C=O) groups excluding carboxylic acids is 1. The van der Waals surface area contributed by atoms with E-state index in [0.717, 1.165) is 25.2 Å². The van der Waals surface area contributed by atoms with Gasteiger partial charge in [0, 0.05) is 18.4 Å². The van der Waals surface area contributed by atoms with E-state index in [4.69, 9.17) is 23.2 Å². The Hall–Kier alpha value is -2.03. The zero-order valence-electron chi connectivity index (χ0n) is 16.2. The van der Waals surface area contributed by atoms with Crippen LogP contribution in [0, 0.1) is 0 Å². The number of benzene rings is 2. The average molecular weight is 495 g/mol. The molecule has 31 heavy (non-hydrogen) atoms. The van der Waals surface area contributed by atoms with Crippen molar-refractivity contribution in [2.24, 2.45) is 0 Å². The first kappa shape index (κ1) is 22.2. The second-order valence-electron chi connectivity index (χ2n) is 7.02. The van der Waals surface area contributed by atoms with Crippen molar-refractivity contribution >= 4 is 70.6 Å². The molecule has 6 nitrogen and oxygen atoms in total. The molecule has 2 aliphatic heterocycles. The number of aromatic nitrogens is 2. The molecule has 0 aliphatic carbocycles. The number of para-hydroxylation sites is 1. The summed E-state index contributed by atoms with van der Waals surface area (Å²) in [6, 6.07) is 11.5. The van der Waals surface area contributed by atoms with Gasteiger partial charge >= 0.3 is 0 Å². The predicted octanol–water partition coefficient (Wildman–Crippen LogP) is 5.30. The Balaban J connectivity index is 0.00000231. The molecule has 3 heterocycles. The quantitative estimate of drug-likeness (QED) is 0.481. The molecule has 0 radical (unpaired) electrons. The molecule has 0 unspecified atom stereocenters. The number of anilines is 3. The Bertz CT molecular complexity index is 1140. The average Bonchev–Trinajstić information content (AvgIpc) is 2.75. The maximum Gasteiger partial charge on any atom is 0.263 e. The molecule has 1 amide bonds. The highest BCUT2D eigenvalue weighted by atomic mass is 35.5. The summed E-state index contributed by atoms with van der Waals surface area (Å²) in [7, 11) is 0. The Morgan fingerprint density at radius 3 is 2.74 bits per heavy atom. The molecule has 3 aromatic rings. The lowest BCUT2D eigenvalue weighted by molar-refractivity contribution is 0.0985. The number of hydrogen-bond acceptors (Lipinski definition) is 6. The number of fused-ring (bicyclic) bond motifs is 2. The lowest BCUT2D eigenvalue weighted by Crippen LogP contribution is -2.35. The lowest BCUT2D eigenvalue weighted by atomic mass is 10.0. The molecule has 2 N–H and O–H groups in total. The molecule has 0 fully saturated rings. The van der Waals surface area contributed by atoms with Crippen LogP contribution in [0.2, 0.25) is 10.0 Å². The van der Waals surface area contributed by atoms with Crippen LogP contribution in [0.3, 0.4) is 0 Å². The van der Waals surface area contributed by atoms with Crippen molar-refractivity contribution in [2.75, 3.05) is 22.6 Å². The second-order valence-corrected chi connectivity index (χ2v) is 8.77. The SMILES string of the molecule is Cl.O=C1c2cnc(Nc3ccc4c(c3)CCNC4)nc2SCN1c1c(Cl)cccc1Cl. The smallest absolute Gasteiger partial charge is 0.263 e. The standard InChI is InChI=1S/C21H17Cl2N5OS.ClH/c22-16-2-1-3-17(23)18(16)28-11-30-19-15(20(28)29)10-25-21(27-19)26-14-5-4-13-9-24-7-6-12(13)8-14;/h1-5,8,10,24H,6-7,9,11H2,(H,25,26,27);1H. The van der Waals surface area contributed by atoms with Gasteiger partial charge in [0.25, 0.3) is 5.91 Å². The summed E-state index contributed by atoms with van der Waals surface area (Å²) >= 11 is 14.0. The molecule has 0 bridgehead atoms. The number of hydrogen-bond donors (Lipinski definition) is 2. The van der Waals surface area contributed by atoms with Crippen LogP contribution < -0.4 is 15.5 Å². The minimum absolute atomic E-state index is 0. The van der Waals surface area contributed by atoms with Crippen LogP contribution in [-0.4, -0.2) is 28.3 Å². The van der Waals surface area contributed by atoms with Crippen LogP contribution in [0.25, 0.3) is 0 Å². The maximum atomic E-state index is 13.0. The summed E-state index contributed by atoms with van der Waals surface area (Å²) in [6.07, 6.45) is 2.56. The Morgan fingerprint density at radius 1 is 1.13 bits per heavy atom. The highest BCUT2D eigenvalue weighted by molar-refractivity contribution is 7.99. The molecule has 0 saturated carbocycles. The summed E-state index contributed by atoms with van der Waals surface area (Å²) in [6.45, 7) is 1.88. The number of carbonyl (C=O) groups is 1. The molecule has 0 saturated heterocycles. The third-order valence-corrected chi connectivity index (χ3v) is 6.70. The van der Waals surface area contributed by atoms with Crippen molar-refractivity contribution in [3.63, 3.8) is 0 Å². The maximum absolute atomic E-state index is 13.0. The van der Waals surface area contributed by atoms with Crippen LogP contribution in [-0.2, 0) is 13.0 Å². The van der Waals surface area contributed by atoms with Gasteiger partial charge in [0.15, 0.2) is 0 Å². The Kier molecular flexibility index (Phi) is 6.60. The topological polar surface area (TPSA) is 70.1 Å². The third kappa shape index (κ3) is 4.33. The first-order chi connectivity index (χ1) is 14.6. The van der Waals surface area contributed by atoms with Gasteiger partial charge in [-0.3, -0.25) is 9.69 Å². The largest absolute Gasteiger partial charge is 0.324 e. The fourth-order valence-corrected chi connectivity index (χ4v) is 5.16. The van der Waals surface area contributed by atoms with Crippen LogP contribution in [0.4, 0.5) is 17.3 Å². The molecule has 160 valence electrons. The normalized spacial score (nSPS) is 15.0. The first-order valence-corrected chi connectivity index (χ1v) is 11.2. The van der Waals surface area contributed by atoms with E-state index >= 15 is 0 Å². The van der Waals surface area contributed by atoms with E-state index < -0.39 is 0 Å². The summed E-state index contributed by atoms with van der Waals surface area (Å²) < 4.78 is 0. The highest BCUT2D eigenvalue weighted by Gasteiger charge is 2.30. The monoisotopic (exact) mass is 493 g/mol. The van der Waals surface area contributed by atoms with Gasteiger partial charge in [-0.25, -0.2) is 9.97 Å². The van der Waals surface area contributed by atoms with E-state index in [1.807, 2.05) is 6.07 Å². The second kappa shape index (κ2) is 9.22. The minimum atomic E-state index is -0.216. The van der Waals surface area contributed by atoms with Gasteiger partial charge in [-0.1, -0.05) is 47.1 Å². The molecule has 2 aromatic carbocycles. The van der Waals surface area contributed by atoms with E-state index in [2.05, 4.69) is 32.7 Å². The molecular formula is C21H18Cl3N5OS. The van der Waals surface area contributed by atoms with Crippen molar-refractivity contribution in [1.29, 1.82) is 0 Å². The van der Waals surface area contributed by atoms with Crippen LogP contribution >= 0.6 is 47.4 Å². The molecule has 0 spiro atoms. The molecular weight excluding hydrogens is 477 g/mol. The van der Waals surface area contributed by atoms with Gasteiger partial charge in [-0.2, -0.15) is 0 Å². The van der Waals surface area contributed by atoms with E-state index in [1.54, 1.807) is 29.3 Å². The van der Waals surface area contributed by atoms with Crippen molar-refractivity contribution in [1.82, 2.24) is 15.3 Å². The minimum Gasteiger partial charge on any atom is -0.324 e. The molecule has 10 heteroatoms. The summed E-state index contributed by atoms with van der Waals surface area (Å²) in [4.78, 5) is 23.5. The zero-order chi connectivity index (χ0) is 20.7. The van der Waals surface area contributed by atoms with Gasteiger partial charge in [-0.05, 0) is 48.4 Å². The van der Waals surface area contributed by atoms with Gasteiger partial charge in [-0.15, -0.1) is 12.4 Å². The third-order valence-electron chi connectivity index (χ3n) is 5.12. The van der Waals surface area contributed by atoms with Crippen molar-refractivity contribution < 1.29 is 4.79 Å². The number of nitrogens with one attached hydrogen (secondary N) is 2. The molecule has 2 aliphatic rings. The summed E-state index contributed by atoms with van der Waals surface area (Å²) in [5.74, 6) is 0.621. The van der Waals surface area contributed by atoms with E-state index in [9.17, 15) is 4.79 Å². The fourth-order valence-electron chi connectivity index (χ4n) is 3.61. The molecule has 5 rings (SSSR count). The van der Waals surface area contributed by atoms with Crippen molar-refractivity contribution in [2.45, 2.75) is 18.0 Å². The van der Waals surface area contributed by atoms with Crippen LogP contribution in [0.5, 0.6) is 0 Å². The van der Waals surface area contributed by atoms with Crippen molar-refractivity contribution in [3.8, 4) is 0 Å². The van der Waals surface area contributed by atoms with E-state index in [-0.39, 0.29) is 18.3 Å². The summed E-state index contributed by atoms with van der Waals surface area (Å²) in [5.41, 5.74) is 4.53. The fraction of sp³-hybridized carbons (Fsp3) is 0.190. The molecule has 1 aromatic heterocycles. The highest BCUT2D eigenvalue weighted by Crippen LogP contribution is 2.39. The molecule has 0 atom stereocenters. The van der Waals surface area contributed by atoms with Gasteiger partial charge in [0.05, 0.1) is 27.2 Å². The van der Waals surface area contributed by atoms with Crippen molar-refractivity contribution in [3.05, 3.63) is 69.3 Å². The predicted molar refractivity (Wildman–Crippen MR) is 128 cm³/mol. The van der Waals surface area contributed by atoms with Gasteiger partial charge in [0.1, 0.15) is 5.03 Å². The van der Waals surface area contributed by atoms with Crippen LogP contribution in [0.1, 0.15) is 21.5 Å². The first-order valence-electron chi connectivity index (χ1n) is 9.45. The van der Waals surface area contributed by atoms with E-state index in [0.29, 0.717) is 38.1 Å². The lowest BCUT2D eigenvalue weighted by Gasteiger charge is -2.28. The summed E-state index contributed by atoms with van der Waals surface area (Å²) in [5, 5.41) is 8.13. The van der Waals surface area contributed by atoms with Gasteiger partial charge in [0.2, 0.25) is 5.95 Å². The Labute approximate surface area is 200 Å². The number of thioether (sulfide) groups is 1. The number of rotatable bonds is 3. The van der Waals surface area contributed by atoms with Gasteiger partial charge < -0.3 is 10.6 Å².